The van der Waals surface area contributed by atoms with E-state index in [2.05, 4.69) is 5.32 Å². The average molecular weight is 213 g/mol. The first-order valence-electron chi connectivity index (χ1n) is 5.21. The highest BCUT2D eigenvalue weighted by Crippen LogP contribution is 2.12. The molecule has 5 heteroatoms. The Morgan fingerprint density at radius 2 is 2.07 bits per heavy atom. The number of hydrogen-bond donors (Lipinski definition) is 1. The second-order valence-electron chi connectivity index (χ2n) is 4.13. The van der Waals surface area contributed by atoms with E-state index in [4.69, 9.17) is 0 Å². The van der Waals surface area contributed by atoms with Gasteiger partial charge < -0.3 is 15.1 Å². The highest BCUT2D eigenvalue weighted by atomic mass is 16.2. The number of hydrogen-bond acceptors (Lipinski definition) is 3. The normalized spacial score (nSPS) is 24.7. The monoisotopic (exact) mass is 213 g/mol. The second kappa shape index (κ2) is 4.61. The van der Waals surface area contributed by atoms with Gasteiger partial charge >= 0.3 is 11.8 Å². The number of likely N-dealkylation sites (N-methyl/N-ethyl adjacent to an activating group) is 2. The highest BCUT2D eigenvalue weighted by Gasteiger charge is 2.36. The van der Waals surface area contributed by atoms with E-state index >= 15 is 0 Å². The standard InChI is InChI=1S/C10H19N3O2/c1-7(5-11-3)13-6-8(2)12(4)9(14)10(13)15/h7-8,11H,5-6H2,1-4H3. The first-order valence-corrected chi connectivity index (χ1v) is 5.21. The molecule has 2 unspecified atom stereocenters. The van der Waals surface area contributed by atoms with Crippen LogP contribution in [0.5, 0.6) is 0 Å². The Morgan fingerprint density at radius 1 is 1.47 bits per heavy atom. The summed E-state index contributed by atoms with van der Waals surface area (Å²) >= 11 is 0. The molecule has 0 spiro atoms. The third kappa shape index (κ3) is 2.28. The molecule has 2 amide bonds. The molecule has 0 aromatic heterocycles. The Kier molecular flexibility index (Phi) is 3.68. The zero-order valence-electron chi connectivity index (χ0n) is 9.78. The van der Waals surface area contributed by atoms with Crippen molar-refractivity contribution in [3.05, 3.63) is 0 Å². The molecule has 86 valence electrons. The molecule has 1 heterocycles. The Labute approximate surface area is 90.4 Å². The summed E-state index contributed by atoms with van der Waals surface area (Å²) in [5, 5.41) is 3.01. The van der Waals surface area contributed by atoms with Gasteiger partial charge in [-0.25, -0.2) is 0 Å². The number of nitrogens with zero attached hydrogens (tertiary/aromatic N) is 2. The molecule has 1 fully saturated rings. The van der Waals surface area contributed by atoms with Crippen molar-refractivity contribution >= 4 is 11.8 Å². The van der Waals surface area contributed by atoms with Crippen molar-refractivity contribution in [3.8, 4) is 0 Å². The van der Waals surface area contributed by atoms with Gasteiger partial charge in [-0.05, 0) is 20.9 Å². The van der Waals surface area contributed by atoms with Crippen molar-refractivity contribution in [3.63, 3.8) is 0 Å². The Balaban J connectivity index is 2.74. The fourth-order valence-corrected chi connectivity index (χ4v) is 1.75. The third-order valence-electron chi connectivity index (χ3n) is 2.92. The molecular weight excluding hydrogens is 194 g/mol. The largest absolute Gasteiger partial charge is 0.333 e. The van der Waals surface area contributed by atoms with Gasteiger partial charge in [0.1, 0.15) is 0 Å². The predicted molar refractivity (Wildman–Crippen MR) is 57.3 cm³/mol. The predicted octanol–water partition coefficient (Wildman–Crippen LogP) is -0.717. The second-order valence-corrected chi connectivity index (χ2v) is 4.13. The van der Waals surface area contributed by atoms with Crippen molar-refractivity contribution in [2.45, 2.75) is 25.9 Å². The van der Waals surface area contributed by atoms with Gasteiger partial charge in [0, 0.05) is 32.2 Å². The van der Waals surface area contributed by atoms with E-state index in [9.17, 15) is 9.59 Å². The lowest BCUT2D eigenvalue weighted by Crippen LogP contribution is -2.60. The fourth-order valence-electron chi connectivity index (χ4n) is 1.75. The maximum Gasteiger partial charge on any atom is 0.312 e. The van der Waals surface area contributed by atoms with E-state index in [0.717, 1.165) is 0 Å². The van der Waals surface area contributed by atoms with Gasteiger partial charge in [-0.15, -0.1) is 0 Å². The Bertz CT molecular complexity index is 267. The molecule has 0 saturated carbocycles. The molecule has 0 radical (unpaired) electrons. The smallest absolute Gasteiger partial charge is 0.312 e. The molecule has 0 bridgehead atoms. The number of nitrogens with one attached hydrogen (secondary N) is 1. The lowest BCUT2D eigenvalue weighted by Gasteiger charge is -2.39. The van der Waals surface area contributed by atoms with Crippen LogP contribution in [-0.2, 0) is 9.59 Å². The molecule has 1 N–H and O–H groups in total. The molecule has 2 atom stereocenters. The first kappa shape index (κ1) is 12.0. The van der Waals surface area contributed by atoms with Crippen LogP contribution in [0.3, 0.4) is 0 Å². The molecular formula is C10H19N3O2. The maximum absolute atomic E-state index is 11.7. The van der Waals surface area contributed by atoms with Gasteiger partial charge in [0.05, 0.1) is 0 Å². The number of carbonyl (C=O) groups excluding carboxylic acids is 2. The molecule has 15 heavy (non-hydrogen) atoms. The highest BCUT2D eigenvalue weighted by molar-refractivity contribution is 6.35. The Morgan fingerprint density at radius 3 is 2.60 bits per heavy atom. The summed E-state index contributed by atoms with van der Waals surface area (Å²) in [4.78, 5) is 26.4. The molecule has 0 aromatic rings. The molecule has 1 aliphatic heterocycles. The average Bonchev–Trinajstić information content (AvgIpc) is 2.20. The van der Waals surface area contributed by atoms with Gasteiger partial charge in [-0.1, -0.05) is 0 Å². The molecule has 1 aliphatic rings. The third-order valence-corrected chi connectivity index (χ3v) is 2.92. The van der Waals surface area contributed by atoms with Gasteiger partial charge in [0.15, 0.2) is 0 Å². The summed E-state index contributed by atoms with van der Waals surface area (Å²) in [6.45, 7) is 5.21. The molecule has 1 saturated heterocycles. The van der Waals surface area contributed by atoms with Crippen LogP contribution in [0.1, 0.15) is 13.8 Å². The van der Waals surface area contributed by atoms with E-state index in [1.807, 2.05) is 20.9 Å². The van der Waals surface area contributed by atoms with Gasteiger partial charge in [0.2, 0.25) is 0 Å². The number of rotatable bonds is 3. The Hall–Kier alpha value is -1.10. The van der Waals surface area contributed by atoms with E-state index in [1.54, 1.807) is 11.9 Å². The minimum absolute atomic E-state index is 0.0580. The first-order chi connectivity index (χ1) is 6.99. The summed E-state index contributed by atoms with van der Waals surface area (Å²) in [7, 11) is 3.51. The van der Waals surface area contributed by atoms with Crippen molar-refractivity contribution in [2.24, 2.45) is 0 Å². The minimum Gasteiger partial charge on any atom is -0.333 e. The minimum atomic E-state index is -0.406. The van der Waals surface area contributed by atoms with Crippen LogP contribution < -0.4 is 5.32 Å². The lowest BCUT2D eigenvalue weighted by molar-refractivity contribution is -0.158. The van der Waals surface area contributed by atoms with E-state index < -0.39 is 11.8 Å². The van der Waals surface area contributed by atoms with Crippen LogP contribution in [0.2, 0.25) is 0 Å². The number of carbonyl (C=O) groups is 2. The molecule has 0 aromatic carbocycles. The van der Waals surface area contributed by atoms with Gasteiger partial charge in [-0.3, -0.25) is 9.59 Å². The zero-order chi connectivity index (χ0) is 11.6. The van der Waals surface area contributed by atoms with Crippen LogP contribution >= 0.6 is 0 Å². The van der Waals surface area contributed by atoms with Crippen molar-refractivity contribution in [2.75, 3.05) is 27.2 Å². The summed E-state index contributed by atoms with van der Waals surface area (Å²) in [5.74, 6) is -0.796. The zero-order valence-corrected chi connectivity index (χ0v) is 9.78. The van der Waals surface area contributed by atoms with E-state index in [1.165, 1.54) is 4.90 Å². The van der Waals surface area contributed by atoms with Gasteiger partial charge in [0.25, 0.3) is 0 Å². The summed E-state index contributed by atoms with van der Waals surface area (Å²) in [6, 6.07) is 0.150. The van der Waals surface area contributed by atoms with Crippen LogP contribution in [0.4, 0.5) is 0 Å². The van der Waals surface area contributed by atoms with Crippen LogP contribution in [-0.4, -0.2) is 60.9 Å². The summed E-state index contributed by atoms with van der Waals surface area (Å²) < 4.78 is 0. The van der Waals surface area contributed by atoms with Crippen molar-refractivity contribution < 1.29 is 9.59 Å². The fraction of sp³-hybridized carbons (Fsp3) is 0.800. The maximum atomic E-state index is 11.7. The van der Waals surface area contributed by atoms with Crippen LogP contribution in [0, 0.1) is 0 Å². The topological polar surface area (TPSA) is 52.6 Å². The number of amides is 2. The van der Waals surface area contributed by atoms with E-state index in [-0.39, 0.29) is 12.1 Å². The van der Waals surface area contributed by atoms with Gasteiger partial charge in [-0.2, -0.15) is 0 Å². The van der Waals surface area contributed by atoms with Crippen molar-refractivity contribution in [1.29, 1.82) is 0 Å². The SMILES string of the molecule is CNCC(C)N1CC(C)N(C)C(=O)C1=O. The van der Waals surface area contributed by atoms with Crippen LogP contribution in [0.15, 0.2) is 0 Å². The lowest BCUT2D eigenvalue weighted by atomic mass is 10.1. The quantitative estimate of drug-likeness (QED) is 0.630. The molecule has 0 aliphatic carbocycles. The van der Waals surface area contributed by atoms with Crippen molar-refractivity contribution in [1.82, 2.24) is 15.1 Å². The molecule has 1 rings (SSSR count). The number of piperazine rings is 1. The summed E-state index contributed by atoms with van der Waals surface area (Å²) in [6.07, 6.45) is 0. The van der Waals surface area contributed by atoms with E-state index in [0.29, 0.717) is 13.1 Å². The summed E-state index contributed by atoms with van der Waals surface area (Å²) in [5.41, 5.74) is 0. The van der Waals surface area contributed by atoms with Crippen LogP contribution in [0.25, 0.3) is 0 Å². The molecule has 5 nitrogen and oxygen atoms in total.